The molecule has 37 heavy (non-hydrogen) atoms. The smallest absolute Gasteiger partial charge is 0.410 e. The van der Waals surface area contributed by atoms with Crippen LogP contribution < -0.4 is 10.9 Å². The predicted molar refractivity (Wildman–Crippen MR) is 144 cm³/mol. The highest BCUT2D eigenvalue weighted by molar-refractivity contribution is 7.16. The molecule has 1 aliphatic rings. The van der Waals surface area contributed by atoms with Crippen LogP contribution in [-0.2, 0) is 4.74 Å². The number of hydrogen-bond donors (Lipinski definition) is 1. The van der Waals surface area contributed by atoms with Gasteiger partial charge in [-0.1, -0.05) is 17.7 Å². The van der Waals surface area contributed by atoms with Gasteiger partial charge in [-0.3, -0.25) is 9.36 Å². The van der Waals surface area contributed by atoms with Crippen molar-refractivity contribution in [2.45, 2.75) is 58.2 Å². The van der Waals surface area contributed by atoms with Crippen molar-refractivity contribution in [2.75, 3.05) is 18.4 Å². The molecule has 4 aromatic rings. The van der Waals surface area contributed by atoms with Crippen LogP contribution in [0.15, 0.2) is 34.8 Å². The molecule has 1 fully saturated rings. The number of nitrogens with one attached hydrogen (secondary N) is 1. The molecule has 1 N–H and O–H groups in total. The molecule has 0 saturated carbocycles. The van der Waals surface area contributed by atoms with E-state index in [4.69, 9.17) is 21.3 Å². The van der Waals surface area contributed by atoms with E-state index >= 15 is 0 Å². The Morgan fingerprint density at radius 1 is 1.22 bits per heavy atom. The minimum Gasteiger partial charge on any atom is -0.444 e. The molecular formula is C25H28ClN7O3S. The number of carbonyl (C=O) groups is 1. The van der Waals surface area contributed by atoms with Crippen molar-refractivity contribution < 1.29 is 9.53 Å². The molecule has 5 rings (SSSR count). The van der Waals surface area contributed by atoms with Crippen molar-refractivity contribution >= 4 is 56.1 Å². The lowest BCUT2D eigenvalue weighted by Crippen LogP contribution is -2.44. The van der Waals surface area contributed by atoms with Gasteiger partial charge in [0.1, 0.15) is 28.1 Å². The SMILES string of the molecule is C[C@H](Nc1ncnc2scnc12)c1nc2cccc(Cl)c2c(=O)n1C1CCN(C(=O)OC(C)(C)C)CC1. The molecule has 1 aliphatic heterocycles. The summed E-state index contributed by atoms with van der Waals surface area (Å²) in [6.07, 6.45) is 2.31. The summed E-state index contributed by atoms with van der Waals surface area (Å²) in [7, 11) is 0. The Balaban J connectivity index is 1.50. The molecule has 0 unspecified atom stereocenters. The number of carbonyl (C=O) groups excluding carboxylic acids is 1. The number of rotatable bonds is 4. The fourth-order valence-corrected chi connectivity index (χ4v) is 5.46. The van der Waals surface area contributed by atoms with Crippen LogP contribution in [0.1, 0.15) is 58.4 Å². The second-order valence-electron chi connectivity index (χ2n) is 10.1. The van der Waals surface area contributed by atoms with Gasteiger partial charge in [-0.2, -0.15) is 0 Å². The third-order valence-electron chi connectivity index (χ3n) is 6.26. The number of fused-ring (bicyclic) bond motifs is 2. The van der Waals surface area contributed by atoms with E-state index in [1.807, 2.05) is 27.7 Å². The van der Waals surface area contributed by atoms with Gasteiger partial charge in [0.2, 0.25) is 0 Å². The number of halogens is 1. The molecule has 4 heterocycles. The van der Waals surface area contributed by atoms with Crippen LogP contribution in [0.3, 0.4) is 0 Å². The van der Waals surface area contributed by atoms with E-state index < -0.39 is 5.60 Å². The van der Waals surface area contributed by atoms with Gasteiger partial charge in [-0.05, 0) is 52.7 Å². The van der Waals surface area contributed by atoms with E-state index in [0.29, 0.717) is 59.0 Å². The summed E-state index contributed by atoms with van der Waals surface area (Å²) in [6, 6.07) is 4.73. The zero-order valence-corrected chi connectivity index (χ0v) is 22.6. The molecule has 10 nitrogen and oxygen atoms in total. The van der Waals surface area contributed by atoms with Crippen LogP contribution in [0.25, 0.3) is 21.3 Å². The fourth-order valence-electron chi connectivity index (χ4n) is 4.58. The van der Waals surface area contributed by atoms with E-state index in [-0.39, 0.29) is 23.7 Å². The maximum absolute atomic E-state index is 13.9. The molecule has 0 spiro atoms. The first-order valence-corrected chi connectivity index (χ1v) is 13.4. The Labute approximate surface area is 222 Å². The predicted octanol–water partition coefficient (Wildman–Crippen LogP) is 5.19. The first kappa shape index (κ1) is 25.3. The Hall–Kier alpha value is -3.31. The number of thiazole rings is 1. The standard InChI is InChI=1S/C25H28ClN7O3S/c1-14(30-20-19-22(28-12-27-20)37-13-29-19)21-31-17-7-5-6-16(26)18(17)23(34)33(21)15-8-10-32(11-9-15)24(35)36-25(2,3)4/h5-7,12-15H,8-11H2,1-4H3,(H,27,28,30)/t14-/m0/s1. The maximum atomic E-state index is 13.9. The third-order valence-corrected chi connectivity index (χ3v) is 7.31. The molecular weight excluding hydrogens is 514 g/mol. The van der Waals surface area contributed by atoms with Gasteiger partial charge in [-0.25, -0.2) is 24.7 Å². The summed E-state index contributed by atoms with van der Waals surface area (Å²) in [6.45, 7) is 8.42. The largest absolute Gasteiger partial charge is 0.444 e. The number of amides is 1. The molecule has 12 heteroatoms. The van der Waals surface area contributed by atoms with Gasteiger partial charge in [0.05, 0.1) is 27.5 Å². The highest BCUT2D eigenvalue weighted by Gasteiger charge is 2.31. The van der Waals surface area contributed by atoms with Gasteiger partial charge in [-0.15, -0.1) is 11.3 Å². The van der Waals surface area contributed by atoms with Crippen LogP contribution in [-0.4, -0.2) is 54.2 Å². The molecule has 0 radical (unpaired) electrons. The number of piperidine rings is 1. The Kier molecular flexibility index (Phi) is 6.76. The van der Waals surface area contributed by atoms with E-state index in [1.165, 1.54) is 17.7 Å². The zero-order chi connectivity index (χ0) is 26.3. The average Bonchev–Trinajstić information content (AvgIpc) is 3.33. The van der Waals surface area contributed by atoms with Crippen molar-refractivity contribution in [3.8, 4) is 0 Å². The first-order chi connectivity index (χ1) is 17.6. The summed E-state index contributed by atoms with van der Waals surface area (Å²) in [5.74, 6) is 1.14. The number of aromatic nitrogens is 5. The van der Waals surface area contributed by atoms with Gasteiger partial charge in [0.15, 0.2) is 5.82 Å². The van der Waals surface area contributed by atoms with Crippen LogP contribution in [0.4, 0.5) is 10.6 Å². The summed E-state index contributed by atoms with van der Waals surface area (Å²) >= 11 is 7.88. The lowest BCUT2D eigenvalue weighted by Gasteiger charge is -2.35. The number of ether oxygens (including phenoxy) is 1. The van der Waals surface area contributed by atoms with Crippen molar-refractivity contribution in [1.29, 1.82) is 0 Å². The van der Waals surface area contributed by atoms with Crippen LogP contribution in [0.5, 0.6) is 0 Å². The number of hydrogen-bond acceptors (Lipinski definition) is 9. The van der Waals surface area contributed by atoms with E-state index in [0.717, 1.165) is 4.83 Å². The average molecular weight is 542 g/mol. The van der Waals surface area contributed by atoms with E-state index in [2.05, 4.69) is 20.3 Å². The second-order valence-corrected chi connectivity index (χ2v) is 11.3. The summed E-state index contributed by atoms with van der Waals surface area (Å²) < 4.78 is 7.27. The summed E-state index contributed by atoms with van der Waals surface area (Å²) in [5.41, 5.74) is 2.16. The number of anilines is 1. The van der Waals surface area contributed by atoms with Crippen LogP contribution in [0.2, 0.25) is 5.02 Å². The van der Waals surface area contributed by atoms with Gasteiger partial charge < -0.3 is 15.0 Å². The molecule has 0 bridgehead atoms. The lowest BCUT2D eigenvalue weighted by atomic mass is 10.0. The molecule has 0 aliphatic carbocycles. The Morgan fingerprint density at radius 2 is 1.97 bits per heavy atom. The highest BCUT2D eigenvalue weighted by Crippen LogP contribution is 2.30. The van der Waals surface area contributed by atoms with Gasteiger partial charge in [0, 0.05) is 19.1 Å². The van der Waals surface area contributed by atoms with E-state index in [9.17, 15) is 9.59 Å². The molecule has 1 amide bonds. The molecule has 3 aromatic heterocycles. The topological polar surface area (TPSA) is 115 Å². The van der Waals surface area contributed by atoms with Crippen molar-refractivity contribution in [3.63, 3.8) is 0 Å². The number of likely N-dealkylation sites (tertiary alicyclic amines) is 1. The minimum atomic E-state index is -0.568. The minimum absolute atomic E-state index is 0.164. The molecule has 1 atom stereocenters. The van der Waals surface area contributed by atoms with Crippen LogP contribution >= 0.6 is 22.9 Å². The van der Waals surface area contributed by atoms with Crippen LogP contribution in [0, 0.1) is 0 Å². The number of nitrogens with zero attached hydrogens (tertiary/aromatic N) is 6. The fraction of sp³-hybridized carbons (Fsp3) is 0.440. The Morgan fingerprint density at radius 3 is 2.70 bits per heavy atom. The van der Waals surface area contributed by atoms with E-state index in [1.54, 1.807) is 33.2 Å². The van der Waals surface area contributed by atoms with Crippen molar-refractivity contribution in [2.24, 2.45) is 0 Å². The van der Waals surface area contributed by atoms with Crippen molar-refractivity contribution in [1.82, 2.24) is 29.4 Å². The maximum Gasteiger partial charge on any atom is 0.410 e. The zero-order valence-electron chi connectivity index (χ0n) is 21.1. The highest BCUT2D eigenvalue weighted by atomic mass is 35.5. The quantitative estimate of drug-likeness (QED) is 0.375. The van der Waals surface area contributed by atoms with Gasteiger partial charge >= 0.3 is 6.09 Å². The summed E-state index contributed by atoms with van der Waals surface area (Å²) in [4.78, 5) is 46.8. The second kappa shape index (κ2) is 9.86. The molecule has 1 saturated heterocycles. The monoisotopic (exact) mass is 541 g/mol. The van der Waals surface area contributed by atoms with Gasteiger partial charge in [0.25, 0.3) is 5.56 Å². The third kappa shape index (κ3) is 5.10. The molecule has 1 aromatic carbocycles. The molecule has 194 valence electrons. The number of benzene rings is 1. The Bertz CT molecular complexity index is 1520. The normalized spacial score (nSPS) is 15.8. The van der Waals surface area contributed by atoms with Crippen molar-refractivity contribution in [3.05, 3.63) is 51.2 Å². The first-order valence-electron chi connectivity index (χ1n) is 12.1. The summed E-state index contributed by atoms with van der Waals surface area (Å²) in [5, 5.41) is 4.13. The lowest BCUT2D eigenvalue weighted by molar-refractivity contribution is 0.0186.